The number of nitrogens with one attached hydrogen (secondary N) is 1. The van der Waals surface area contributed by atoms with E-state index in [2.05, 4.69) is 16.4 Å². The number of fused-ring (bicyclic) bond motifs is 1. The summed E-state index contributed by atoms with van der Waals surface area (Å²) < 4.78 is 12.3. The Bertz CT molecular complexity index is 1650. The van der Waals surface area contributed by atoms with Gasteiger partial charge in [-0.3, -0.25) is 5.32 Å². The summed E-state index contributed by atoms with van der Waals surface area (Å²) in [6, 6.07) is 12.8. The highest BCUT2D eigenvalue weighted by Gasteiger charge is 2.50. The molecule has 1 aromatic carbocycles. The van der Waals surface area contributed by atoms with Crippen molar-refractivity contribution in [2.24, 2.45) is 5.41 Å². The number of carbonyl (C=O) groups excluding carboxylic acids is 2. The Balaban J connectivity index is 1.42. The maximum Gasteiger partial charge on any atom is 0.420 e. The average Bonchev–Trinajstić information content (AvgIpc) is 3.43. The number of anilines is 1. The van der Waals surface area contributed by atoms with Gasteiger partial charge in [-0.1, -0.05) is 23.5 Å². The second-order valence-corrected chi connectivity index (χ2v) is 11.9. The van der Waals surface area contributed by atoms with E-state index >= 15 is 0 Å². The lowest BCUT2D eigenvalue weighted by Crippen LogP contribution is -2.67. The van der Waals surface area contributed by atoms with Crippen LogP contribution in [0.15, 0.2) is 48.8 Å². The lowest BCUT2D eigenvalue weighted by Gasteiger charge is -2.54. The summed E-state index contributed by atoms with van der Waals surface area (Å²) in [6.45, 7) is 8.11. The molecule has 1 N–H and O–H groups in total. The first kappa shape index (κ1) is 25.0. The highest BCUT2D eigenvalue weighted by Crippen LogP contribution is 2.43. The number of urea groups is 1. The molecule has 5 heterocycles. The monoisotopic (exact) mass is 542 g/mol. The smallest absolute Gasteiger partial charge is 0.420 e. The molecule has 2 aliphatic rings. The fourth-order valence-electron chi connectivity index (χ4n) is 4.83. The molecule has 6 rings (SSSR count). The van der Waals surface area contributed by atoms with Gasteiger partial charge in [-0.25, -0.2) is 24.1 Å². The third-order valence-electron chi connectivity index (χ3n) is 6.66. The summed E-state index contributed by atoms with van der Waals surface area (Å²) >= 11 is 1.30. The van der Waals surface area contributed by atoms with Crippen LogP contribution >= 0.6 is 11.3 Å². The van der Waals surface area contributed by atoms with Crippen molar-refractivity contribution in [1.29, 1.82) is 5.26 Å². The van der Waals surface area contributed by atoms with Gasteiger partial charge in [0.05, 0.1) is 40.8 Å². The zero-order valence-corrected chi connectivity index (χ0v) is 22.5. The molecule has 2 aliphatic heterocycles. The lowest BCUT2D eigenvalue weighted by molar-refractivity contribution is -0.174. The molecule has 0 unspecified atom stereocenters. The quantitative estimate of drug-likeness (QED) is 0.370. The van der Waals surface area contributed by atoms with Crippen LogP contribution in [0.3, 0.4) is 0 Å². The molecule has 4 aromatic rings. The summed E-state index contributed by atoms with van der Waals surface area (Å²) in [7, 11) is 0. The third kappa shape index (κ3) is 4.62. The minimum atomic E-state index is -0.686. The van der Waals surface area contributed by atoms with Gasteiger partial charge in [0.15, 0.2) is 5.13 Å². The lowest BCUT2D eigenvalue weighted by atomic mass is 9.78. The van der Waals surface area contributed by atoms with Crippen molar-refractivity contribution in [2.45, 2.75) is 26.4 Å². The van der Waals surface area contributed by atoms with E-state index in [9.17, 15) is 14.9 Å². The Kier molecular flexibility index (Phi) is 5.89. The van der Waals surface area contributed by atoms with Crippen LogP contribution < -0.4 is 5.32 Å². The van der Waals surface area contributed by atoms with Gasteiger partial charge < -0.3 is 14.4 Å². The molecule has 0 saturated carbocycles. The molecule has 2 fully saturated rings. The molecule has 10 nitrogen and oxygen atoms in total. The zero-order valence-electron chi connectivity index (χ0n) is 21.7. The van der Waals surface area contributed by atoms with E-state index in [4.69, 9.17) is 14.5 Å². The zero-order chi connectivity index (χ0) is 27.4. The second kappa shape index (κ2) is 9.18. The number of rotatable bonds is 3. The Labute approximate surface area is 228 Å². The number of nitriles is 1. The van der Waals surface area contributed by atoms with Gasteiger partial charge in [-0.2, -0.15) is 5.26 Å². The molecule has 3 aromatic heterocycles. The maximum atomic E-state index is 13.1. The van der Waals surface area contributed by atoms with Crippen LogP contribution in [-0.2, 0) is 9.47 Å². The van der Waals surface area contributed by atoms with Crippen molar-refractivity contribution < 1.29 is 19.1 Å². The summed E-state index contributed by atoms with van der Waals surface area (Å²) in [6.07, 6.45) is 2.77. The molecule has 0 bridgehead atoms. The summed E-state index contributed by atoms with van der Waals surface area (Å²) in [4.78, 5) is 37.8. The number of hydrogen-bond donors (Lipinski definition) is 1. The van der Waals surface area contributed by atoms with Gasteiger partial charge >= 0.3 is 12.1 Å². The normalized spacial score (nSPS) is 15.9. The fourth-order valence-corrected chi connectivity index (χ4v) is 5.83. The number of amides is 2. The number of pyridine rings is 1. The molecular formula is C28H26N6O4S. The van der Waals surface area contributed by atoms with Crippen LogP contribution in [0, 0.1) is 16.7 Å². The number of likely N-dealkylation sites (tertiary alicyclic amines) is 1. The Morgan fingerprint density at radius 2 is 2.00 bits per heavy atom. The Hall–Kier alpha value is -4.27. The minimum absolute atomic E-state index is 0.102. The first-order chi connectivity index (χ1) is 18.6. The Morgan fingerprint density at radius 1 is 1.21 bits per heavy atom. The van der Waals surface area contributed by atoms with Gasteiger partial charge in [0, 0.05) is 42.0 Å². The van der Waals surface area contributed by atoms with Crippen molar-refractivity contribution in [2.75, 3.05) is 31.6 Å². The van der Waals surface area contributed by atoms with Crippen molar-refractivity contribution >= 4 is 39.6 Å². The topological polar surface area (TPSA) is 122 Å². The van der Waals surface area contributed by atoms with Crippen LogP contribution in [0.5, 0.6) is 0 Å². The highest BCUT2D eigenvalue weighted by atomic mass is 32.1. The fraction of sp³-hybridized carbons (Fsp3) is 0.321. The summed E-state index contributed by atoms with van der Waals surface area (Å²) in [5, 5.41) is 13.6. The predicted octanol–water partition coefficient (Wildman–Crippen LogP) is 5.35. The third-order valence-corrected chi connectivity index (χ3v) is 7.66. The number of thiazole rings is 1. The first-order valence-electron chi connectivity index (χ1n) is 12.5. The molecule has 0 radical (unpaired) electrons. The van der Waals surface area contributed by atoms with Crippen LogP contribution in [0.2, 0.25) is 0 Å². The van der Waals surface area contributed by atoms with E-state index < -0.39 is 11.7 Å². The van der Waals surface area contributed by atoms with E-state index in [0.717, 1.165) is 15.8 Å². The van der Waals surface area contributed by atoms with Crippen molar-refractivity contribution in [3.63, 3.8) is 0 Å². The van der Waals surface area contributed by atoms with E-state index in [1.54, 1.807) is 62.3 Å². The number of carbonyl (C=O) groups is 2. The number of hydrogen-bond acceptors (Lipinski definition) is 8. The average molecular weight is 543 g/mol. The molecule has 0 aliphatic carbocycles. The van der Waals surface area contributed by atoms with Crippen molar-refractivity contribution in [1.82, 2.24) is 19.4 Å². The Morgan fingerprint density at radius 3 is 2.69 bits per heavy atom. The molecular weight excluding hydrogens is 516 g/mol. The van der Waals surface area contributed by atoms with Crippen LogP contribution in [-0.4, -0.2) is 63.5 Å². The minimum Gasteiger partial charge on any atom is -0.443 e. The first-order valence-corrected chi connectivity index (χ1v) is 13.3. The number of ether oxygens (including phenoxy) is 2. The standard InChI is InChI=1S/C28H26N6O4S/c1-27(2,3)38-26(36)34-12-20(19-8-5-9-30-23(19)34)22-21(18-7-4-6-17(10-18)11-29)31-24(39-22)32-25(35)33-13-28(14-33)15-37-16-28/h4-10,12H,13-16H2,1-3H3,(H,31,32,35). The molecule has 1 spiro atoms. The second-order valence-electron chi connectivity index (χ2n) is 10.9. The summed E-state index contributed by atoms with van der Waals surface area (Å²) in [5.74, 6) is 0. The van der Waals surface area contributed by atoms with Gasteiger partial charge in [0.2, 0.25) is 0 Å². The molecule has 11 heteroatoms. The molecule has 2 saturated heterocycles. The molecule has 0 atom stereocenters. The summed E-state index contributed by atoms with van der Waals surface area (Å²) in [5.41, 5.74) is 2.38. The van der Waals surface area contributed by atoms with Gasteiger partial charge in [-0.05, 0) is 45.0 Å². The maximum absolute atomic E-state index is 13.1. The predicted molar refractivity (Wildman–Crippen MR) is 146 cm³/mol. The van der Waals surface area contributed by atoms with Crippen LogP contribution in [0.25, 0.3) is 32.7 Å². The van der Waals surface area contributed by atoms with Gasteiger partial charge in [0.1, 0.15) is 11.2 Å². The highest BCUT2D eigenvalue weighted by molar-refractivity contribution is 7.19. The number of aromatic nitrogens is 3. The largest absolute Gasteiger partial charge is 0.443 e. The van der Waals surface area contributed by atoms with Gasteiger partial charge in [-0.15, -0.1) is 0 Å². The van der Waals surface area contributed by atoms with Crippen LogP contribution in [0.4, 0.5) is 14.7 Å². The van der Waals surface area contributed by atoms with Gasteiger partial charge in [0.25, 0.3) is 0 Å². The molecule has 2 amide bonds. The molecule has 39 heavy (non-hydrogen) atoms. The molecule has 198 valence electrons. The van der Waals surface area contributed by atoms with E-state index in [1.807, 2.05) is 12.1 Å². The van der Waals surface area contributed by atoms with E-state index in [0.29, 0.717) is 53.9 Å². The number of nitrogens with zero attached hydrogens (tertiary/aromatic N) is 5. The van der Waals surface area contributed by atoms with E-state index in [1.165, 1.54) is 15.9 Å². The van der Waals surface area contributed by atoms with Crippen molar-refractivity contribution in [3.8, 4) is 27.8 Å². The number of benzene rings is 1. The SMILES string of the molecule is CC(C)(C)OC(=O)n1cc(-c2sc(NC(=O)N3CC4(COC4)C3)nc2-c2cccc(C#N)c2)c2cccnc21. The van der Waals surface area contributed by atoms with Crippen LogP contribution in [0.1, 0.15) is 26.3 Å². The van der Waals surface area contributed by atoms with E-state index in [-0.39, 0.29) is 11.4 Å². The van der Waals surface area contributed by atoms with Crippen molar-refractivity contribution in [3.05, 3.63) is 54.4 Å².